The molecule has 0 radical (unpaired) electrons. The summed E-state index contributed by atoms with van der Waals surface area (Å²) in [6, 6.07) is 6.34. The number of aromatic hydroxyl groups is 1. The second kappa shape index (κ2) is 12.1. The van der Waals surface area contributed by atoms with Gasteiger partial charge in [-0.2, -0.15) is 0 Å². The van der Waals surface area contributed by atoms with Crippen molar-refractivity contribution in [2.24, 2.45) is 0 Å². The van der Waals surface area contributed by atoms with Gasteiger partial charge in [0.2, 0.25) is 5.91 Å². The van der Waals surface area contributed by atoms with Crippen molar-refractivity contribution in [2.45, 2.75) is 58.3 Å². The van der Waals surface area contributed by atoms with E-state index in [1.54, 1.807) is 12.1 Å². The van der Waals surface area contributed by atoms with Gasteiger partial charge in [-0.1, -0.05) is 57.6 Å². The Kier molecular flexibility index (Phi) is 10.1. The number of ether oxygens (including phenoxy) is 1. The molecule has 0 fully saturated rings. The van der Waals surface area contributed by atoms with Crippen LogP contribution in [0.4, 0.5) is 0 Å². The van der Waals surface area contributed by atoms with E-state index >= 15 is 0 Å². The fourth-order valence-electron chi connectivity index (χ4n) is 2.45. The number of phenols is 1. The minimum absolute atomic E-state index is 0.0983. The molecule has 0 atom stereocenters. The maximum Gasteiger partial charge on any atom is 0.354 e. The number of esters is 1. The highest BCUT2D eigenvalue weighted by Crippen LogP contribution is 2.13. The number of benzene rings is 1. The minimum Gasteiger partial charge on any atom is -0.508 e. The van der Waals surface area contributed by atoms with E-state index in [0.29, 0.717) is 12.0 Å². The Morgan fingerprint density at radius 1 is 1.04 bits per heavy atom. The number of hydrogen-bond acceptors (Lipinski definition) is 4. The van der Waals surface area contributed by atoms with E-state index in [2.05, 4.69) is 12.2 Å². The lowest BCUT2D eigenvalue weighted by molar-refractivity contribution is -0.137. The second-order valence-electron chi connectivity index (χ2n) is 6.06. The van der Waals surface area contributed by atoms with Crippen molar-refractivity contribution in [3.05, 3.63) is 35.5 Å². The molecule has 25 heavy (non-hydrogen) atoms. The topological polar surface area (TPSA) is 75.6 Å². The maximum atomic E-state index is 12.1. The van der Waals surface area contributed by atoms with Crippen LogP contribution in [0.1, 0.15) is 63.9 Å². The van der Waals surface area contributed by atoms with Crippen LogP contribution in [-0.2, 0) is 14.3 Å². The number of carbonyl (C=O) groups is 2. The first-order valence-electron chi connectivity index (χ1n) is 8.95. The predicted octanol–water partition coefficient (Wildman–Crippen LogP) is 4.16. The van der Waals surface area contributed by atoms with Crippen molar-refractivity contribution < 1.29 is 19.4 Å². The Bertz CT molecular complexity index is 564. The number of nitrogens with one attached hydrogen (secondary N) is 1. The van der Waals surface area contributed by atoms with Gasteiger partial charge in [0.15, 0.2) is 0 Å². The molecule has 0 aliphatic heterocycles. The van der Waals surface area contributed by atoms with Crippen LogP contribution in [0.3, 0.4) is 0 Å². The smallest absolute Gasteiger partial charge is 0.354 e. The van der Waals surface area contributed by atoms with Crippen LogP contribution in [0, 0.1) is 0 Å². The molecule has 0 aliphatic rings. The van der Waals surface area contributed by atoms with Crippen LogP contribution in [0.25, 0.3) is 6.08 Å². The molecule has 0 aliphatic carbocycles. The van der Waals surface area contributed by atoms with Gasteiger partial charge < -0.3 is 15.2 Å². The Morgan fingerprint density at radius 3 is 2.24 bits per heavy atom. The monoisotopic (exact) mass is 347 g/mol. The third kappa shape index (κ3) is 8.94. The number of hydrogen-bond donors (Lipinski definition) is 2. The lowest BCUT2D eigenvalue weighted by Crippen LogP contribution is -2.27. The average molecular weight is 347 g/mol. The first-order chi connectivity index (χ1) is 12.1. The van der Waals surface area contributed by atoms with Gasteiger partial charge in [0.05, 0.1) is 7.11 Å². The Balaban J connectivity index is 2.48. The number of carbonyl (C=O) groups excluding carboxylic acids is 2. The molecule has 1 aromatic carbocycles. The lowest BCUT2D eigenvalue weighted by Gasteiger charge is -2.08. The molecule has 0 heterocycles. The zero-order valence-electron chi connectivity index (χ0n) is 15.2. The van der Waals surface area contributed by atoms with Crippen LogP contribution in [0.2, 0.25) is 0 Å². The summed E-state index contributed by atoms with van der Waals surface area (Å²) in [5.74, 6) is -0.648. The van der Waals surface area contributed by atoms with Gasteiger partial charge in [0.25, 0.3) is 0 Å². The summed E-state index contributed by atoms with van der Waals surface area (Å²) in [4.78, 5) is 23.9. The van der Waals surface area contributed by atoms with Crippen molar-refractivity contribution in [2.75, 3.05) is 7.11 Å². The van der Waals surface area contributed by atoms with E-state index < -0.39 is 5.97 Å². The van der Waals surface area contributed by atoms with Crippen LogP contribution in [0.15, 0.2) is 30.0 Å². The zero-order valence-corrected chi connectivity index (χ0v) is 15.2. The summed E-state index contributed by atoms with van der Waals surface area (Å²) in [6.45, 7) is 2.19. The fourth-order valence-corrected chi connectivity index (χ4v) is 2.45. The predicted molar refractivity (Wildman–Crippen MR) is 98.9 cm³/mol. The van der Waals surface area contributed by atoms with Gasteiger partial charge in [-0.05, 0) is 30.2 Å². The summed E-state index contributed by atoms with van der Waals surface area (Å²) in [6.07, 6.45) is 9.86. The molecule has 0 saturated carbocycles. The molecule has 0 bridgehead atoms. The zero-order chi connectivity index (χ0) is 18.5. The maximum absolute atomic E-state index is 12.1. The fraction of sp³-hybridized carbons (Fsp3) is 0.500. The van der Waals surface area contributed by atoms with E-state index in [-0.39, 0.29) is 17.4 Å². The van der Waals surface area contributed by atoms with E-state index in [9.17, 15) is 14.7 Å². The summed E-state index contributed by atoms with van der Waals surface area (Å²) >= 11 is 0. The highest BCUT2D eigenvalue weighted by Gasteiger charge is 2.13. The summed E-state index contributed by atoms with van der Waals surface area (Å²) < 4.78 is 4.72. The second-order valence-corrected chi connectivity index (χ2v) is 6.06. The Hall–Kier alpha value is -2.30. The quantitative estimate of drug-likeness (QED) is 0.358. The van der Waals surface area contributed by atoms with Gasteiger partial charge in [0.1, 0.15) is 11.4 Å². The molecule has 1 aromatic rings. The van der Waals surface area contributed by atoms with E-state index in [0.717, 1.165) is 19.3 Å². The van der Waals surface area contributed by atoms with E-state index in [4.69, 9.17) is 4.74 Å². The molecular weight excluding hydrogens is 318 g/mol. The van der Waals surface area contributed by atoms with Crippen LogP contribution in [-0.4, -0.2) is 24.1 Å². The molecule has 2 N–H and O–H groups in total. The van der Waals surface area contributed by atoms with Gasteiger partial charge in [-0.25, -0.2) is 4.79 Å². The number of methoxy groups -OCH3 is 1. The van der Waals surface area contributed by atoms with Crippen molar-refractivity contribution in [3.8, 4) is 5.75 Å². The molecule has 138 valence electrons. The van der Waals surface area contributed by atoms with Crippen LogP contribution < -0.4 is 5.32 Å². The largest absolute Gasteiger partial charge is 0.508 e. The lowest BCUT2D eigenvalue weighted by atomic mass is 10.1. The van der Waals surface area contributed by atoms with Crippen molar-refractivity contribution in [1.29, 1.82) is 0 Å². The van der Waals surface area contributed by atoms with Crippen molar-refractivity contribution in [1.82, 2.24) is 5.32 Å². The average Bonchev–Trinajstić information content (AvgIpc) is 2.61. The molecule has 0 unspecified atom stereocenters. The van der Waals surface area contributed by atoms with Crippen LogP contribution in [0.5, 0.6) is 5.75 Å². The third-order valence-electron chi connectivity index (χ3n) is 3.89. The number of amides is 1. The Morgan fingerprint density at radius 2 is 1.64 bits per heavy atom. The number of unbranched alkanes of at least 4 members (excludes halogenated alkanes) is 6. The first kappa shape index (κ1) is 20.7. The number of rotatable bonds is 11. The van der Waals surface area contributed by atoms with Gasteiger partial charge >= 0.3 is 5.97 Å². The highest BCUT2D eigenvalue weighted by molar-refractivity contribution is 5.97. The third-order valence-corrected chi connectivity index (χ3v) is 3.89. The van der Waals surface area contributed by atoms with Gasteiger partial charge in [-0.3, -0.25) is 4.79 Å². The molecule has 5 heteroatoms. The normalized spacial score (nSPS) is 11.2. The van der Waals surface area contributed by atoms with Crippen molar-refractivity contribution >= 4 is 18.0 Å². The molecule has 0 spiro atoms. The molecule has 1 amide bonds. The molecule has 1 rings (SSSR count). The summed E-state index contributed by atoms with van der Waals surface area (Å²) in [7, 11) is 1.27. The Labute approximate surface area is 150 Å². The van der Waals surface area contributed by atoms with Gasteiger partial charge in [0, 0.05) is 6.42 Å². The van der Waals surface area contributed by atoms with Crippen molar-refractivity contribution in [3.63, 3.8) is 0 Å². The molecule has 5 nitrogen and oxygen atoms in total. The molecular formula is C20H29NO4. The summed E-state index contributed by atoms with van der Waals surface area (Å²) in [5.41, 5.74) is 0.788. The summed E-state index contributed by atoms with van der Waals surface area (Å²) in [5, 5.41) is 11.9. The molecule has 0 saturated heterocycles. The molecule has 0 aromatic heterocycles. The SMILES string of the molecule is CCCCCCCCCC(=O)N/C(=C\c1ccc(O)cc1)C(=O)OC. The highest BCUT2D eigenvalue weighted by atomic mass is 16.5. The standard InChI is InChI=1S/C20H29NO4/c1-3-4-5-6-7-8-9-10-19(23)21-18(20(24)25-2)15-16-11-13-17(22)14-12-16/h11-15,22H,3-10H2,1-2H3,(H,21,23)/b18-15-. The number of phenolic OH excluding ortho intramolecular Hbond substituents is 1. The first-order valence-corrected chi connectivity index (χ1v) is 8.95. The van der Waals surface area contributed by atoms with Gasteiger partial charge in [-0.15, -0.1) is 0 Å². The van der Waals surface area contributed by atoms with E-state index in [1.807, 2.05) is 0 Å². The minimum atomic E-state index is -0.596. The van der Waals surface area contributed by atoms with E-state index in [1.165, 1.54) is 51.0 Å². The van der Waals surface area contributed by atoms with Crippen LogP contribution >= 0.6 is 0 Å².